The van der Waals surface area contributed by atoms with Crippen LogP contribution in [0.1, 0.15) is 37.4 Å². The van der Waals surface area contributed by atoms with Crippen LogP contribution in [-0.4, -0.2) is 29.8 Å². The highest BCUT2D eigenvalue weighted by molar-refractivity contribution is 5.70. The summed E-state index contributed by atoms with van der Waals surface area (Å²) in [6.07, 6.45) is 5.56. The largest absolute Gasteiger partial charge is 0.426 e. The second-order valence-electron chi connectivity index (χ2n) is 5.15. The van der Waals surface area contributed by atoms with E-state index < -0.39 is 18.4 Å². The van der Waals surface area contributed by atoms with E-state index in [4.69, 9.17) is 15.9 Å². The zero-order valence-corrected chi connectivity index (χ0v) is 12.7. The Morgan fingerprint density at radius 2 is 2.14 bits per heavy atom. The molecule has 5 nitrogen and oxygen atoms in total. The summed E-state index contributed by atoms with van der Waals surface area (Å²) in [5.41, 5.74) is 2.31. The molecule has 1 aliphatic carbocycles. The molecule has 0 fully saturated rings. The van der Waals surface area contributed by atoms with Crippen molar-refractivity contribution in [1.29, 1.82) is 0 Å². The molecule has 1 aromatic carbocycles. The van der Waals surface area contributed by atoms with Crippen molar-refractivity contribution < 1.29 is 19.1 Å². The van der Waals surface area contributed by atoms with Gasteiger partial charge < -0.3 is 9.47 Å². The lowest BCUT2D eigenvalue weighted by atomic mass is 10.1. The fourth-order valence-electron chi connectivity index (χ4n) is 2.73. The fraction of sp³-hybridized carbons (Fsp3) is 0.412. The fourth-order valence-corrected chi connectivity index (χ4v) is 2.73. The first-order chi connectivity index (χ1) is 10.5. The van der Waals surface area contributed by atoms with E-state index in [-0.39, 0.29) is 12.6 Å². The SMILES string of the molecule is C#CCN(C(=O)OC(C)OC(C)=O)[C@@H]1CCc2ccccc21. The molecular formula is C17H19NO4. The van der Waals surface area contributed by atoms with E-state index in [1.807, 2.05) is 18.2 Å². The molecule has 0 aromatic heterocycles. The lowest BCUT2D eigenvalue weighted by molar-refractivity contribution is -0.163. The van der Waals surface area contributed by atoms with Crippen LogP contribution < -0.4 is 0 Å². The zero-order valence-electron chi connectivity index (χ0n) is 12.7. The smallest absolute Gasteiger partial charge is 0.414 e. The number of fused-ring (bicyclic) bond motifs is 1. The molecule has 2 rings (SSSR count). The van der Waals surface area contributed by atoms with Crippen LogP contribution in [0.25, 0.3) is 0 Å². The van der Waals surface area contributed by atoms with Gasteiger partial charge in [0.25, 0.3) is 0 Å². The van der Waals surface area contributed by atoms with Crippen molar-refractivity contribution in [1.82, 2.24) is 4.90 Å². The molecule has 116 valence electrons. The lowest BCUT2D eigenvalue weighted by Crippen LogP contribution is -2.37. The van der Waals surface area contributed by atoms with E-state index in [0.717, 1.165) is 18.4 Å². The number of hydrogen-bond donors (Lipinski definition) is 0. The maximum atomic E-state index is 12.3. The number of ether oxygens (including phenoxy) is 2. The van der Waals surface area contributed by atoms with Crippen molar-refractivity contribution >= 4 is 12.1 Å². The average Bonchev–Trinajstić information content (AvgIpc) is 2.87. The molecule has 1 unspecified atom stereocenters. The molecule has 0 saturated heterocycles. The molecular weight excluding hydrogens is 282 g/mol. The molecule has 0 heterocycles. The third-order valence-electron chi connectivity index (χ3n) is 3.57. The van der Waals surface area contributed by atoms with Crippen molar-refractivity contribution in [3.8, 4) is 12.3 Å². The Bertz CT molecular complexity index is 605. The van der Waals surface area contributed by atoms with E-state index in [1.54, 1.807) is 0 Å². The Morgan fingerprint density at radius 1 is 1.41 bits per heavy atom. The van der Waals surface area contributed by atoms with Gasteiger partial charge in [-0.15, -0.1) is 6.42 Å². The quantitative estimate of drug-likeness (QED) is 0.487. The average molecular weight is 301 g/mol. The first-order valence-corrected chi connectivity index (χ1v) is 7.18. The second kappa shape index (κ2) is 6.99. The molecule has 1 aromatic rings. The molecule has 0 spiro atoms. The summed E-state index contributed by atoms with van der Waals surface area (Å²) >= 11 is 0. The third-order valence-corrected chi connectivity index (χ3v) is 3.57. The molecule has 2 atom stereocenters. The van der Waals surface area contributed by atoms with Crippen LogP contribution in [0.5, 0.6) is 0 Å². The van der Waals surface area contributed by atoms with Gasteiger partial charge in [0.05, 0.1) is 12.6 Å². The number of benzene rings is 1. The molecule has 0 radical (unpaired) electrons. The summed E-state index contributed by atoms with van der Waals surface area (Å²) in [4.78, 5) is 24.7. The van der Waals surface area contributed by atoms with E-state index in [9.17, 15) is 9.59 Å². The van der Waals surface area contributed by atoms with Gasteiger partial charge in [-0.3, -0.25) is 9.69 Å². The van der Waals surface area contributed by atoms with Gasteiger partial charge in [-0.1, -0.05) is 30.2 Å². The monoisotopic (exact) mass is 301 g/mol. The number of carbonyl (C=O) groups excluding carboxylic acids is 2. The van der Waals surface area contributed by atoms with Crippen LogP contribution in [0.4, 0.5) is 4.79 Å². The predicted octanol–water partition coefficient (Wildman–Crippen LogP) is 2.65. The van der Waals surface area contributed by atoms with E-state index in [1.165, 1.54) is 24.3 Å². The molecule has 0 N–H and O–H groups in total. The Hall–Kier alpha value is -2.48. The molecule has 1 aliphatic rings. The summed E-state index contributed by atoms with van der Waals surface area (Å²) in [6.45, 7) is 2.90. The zero-order chi connectivity index (χ0) is 16.1. The highest BCUT2D eigenvalue weighted by Gasteiger charge is 2.32. The predicted molar refractivity (Wildman–Crippen MR) is 80.8 cm³/mol. The first-order valence-electron chi connectivity index (χ1n) is 7.18. The summed E-state index contributed by atoms with van der Waals surface area (Å²) in [5.74, 6) is 1.98. The van der Waals surface area contributed by atoms with Gasteiger partial charge in [-0.25, -0.2) is 4.79 Å². The van der Waals surface area contributed by atoms with Crippen LogP contribution in [0, 0.1) is 12.3 Å². The van der Waals surface area contributed by atoms with Gasteiger partial charge in [0.2, 0.25) is 6.29 Å². The minimum absolute atomic E-state index is 0.107. The third kappa shape index (κ3) is 3.59. The van der Waals surface area contributed by atoms with Gasteiger partial charge in [0.15, 0.2) is 0 Å². The number of carbonyl (C=O) groups is 2. The summed E-state index contributed by atoms with van der Waals surface area (Å²) in [5, 5.41) is 0. The van der Waals surface area contributed by atoms with Gasteiger partial charge in [-0.05, 0) is 24.0 Å². The Morgan fingerprint density at radius 3 is 2.82 bits per heavy atom. The summed E-state index contributed by atoms with van der Waals surface area (Å²) in [7, 11) is 0. The molecule has 0 aliphatic heterocycles. The van der Waals surface area contributed by atoms with Gasteiger partial charge >= 0.3 is 12.1 Å². The number of hydrogen-bond acceptors (Lipinski definition) is 4. The van der Waals surface area contributed by atoms with Gasteiger partial charge in [-0.2, -0.15) is 0 Å². The topological polar surface area (TPSA) is 55.8 Å². The molecule has 22 heavy (non-hydrogen) atoms. The first kappa shape index (κ1) is 15.9. The standard InChI is InChI=1S/C17H19NO4/c1-4-11-18(17(20)22-13(3)21-12(2)19)16-10-9-14-7-5-6-8-15(14)16/h1,5-8,13,16H,9-11H2,2-3H3/t13?,16-/m1/s1. The highest BCUT2D eigenvalue weighted by atomic mass is 16.7. The van der Waals surface area contributed by atoms with Crippen LogP contribution in [0.3, 0.4) is 0 Å². The summed E-state index contributed by atoms with van der Waals surface area (Å²) < 4.78 is 9.97. The maximum absolute atomic E-state index is 12.3. The minimum atomic E-state index is -0.943. The van der Waals surface area contributed by atoms with Crippen LogP contribution in [-0.2, 0) is 20.7 Å². The maximum Gasteiger partial charge on any atom is 0.414 e. The van der Waals surface area contributed by atoms with Crippen LogP contribution >= 0.6 is 0 Å². The second-order valence-corrected chi connectivity index (χ2v) is 5.15. The van der Waals surface area contributed by atoms with Gasteiger partial charge in [0, 0.05) is 13.8 Å². The van der Waals surface area contributed by atoms with E-state index in [2.05, 4.69) is 12.0 Å². The van der Waals surface area contributed by atoms with Crippen LogP contribution in [0.15, 0.2) is 24.3 Å². The molecule has 0 saturated carbocycles. The number of nitrogens with zero attached hydrogens (tertiary/aromatic N) is 1. The van der Waals surface area contributed by atoms with E-state index >= 15 is 0 Å². The molecule has 1 amide bonds. The highest BCUT2D eigenvalue weighted by Crippen LogP contribution is 2.35. The number of amides is 1. The summed E-state index contributed by atoms with van der Waals surface area (Å²) in [6, 6.07) is 7.87. The van der Waals surface area contributed by atoms with Gasteiger partial charge in [0.1, 0.15) is 0 Å². The number of aryl methyl sites for hydroxylation is 1. The molecule has 0 bridgehead atoms. The Kier molecular flexibility index (Phi) is 5.05. The number of terminal acetylenes is 1. The van der Waals surface area contributed by atoms with Crippen molar-refractivity contribution in [3.05, 3.63) is 35.4 Å². The van der Waals surface area contributed by atoms with Crippen molar-refractivity contribution in [2.24, 2.45) is 0 Å². The Labute approximate surface area is 130 Å². The van der Waals surface area contributed by atoms with Crippen molar-refractivity contribution in [2.45, 2.75) is 39.0 Å². The molecule has 5 heteroatoms. The van der Waals surface area contributed by atoms with Crippen molar-refractivity contribution in [3.63, 3.8) is 0 Å². The van der Waals surface area contributed by atoms with Crippen molar-refractivity contribution in [2.75, 3.05) is 6.54 Å². The lowest BCUT2D eigenvalue weighted by Gasteiger charge is -2.28. The minimum Gasteiger partial charge on any atom is -0.426 e. The van der Waals surface area contributed by atoms with Crippen LogP contribution in [0.2, 0.25) is 0 Å². The number of rotatable bonds is 4. The number of esters is 1. The normalized spacial score (nSPS) is 17.0. The van der Waals surface area contributed by atoms with E-state index in [0.29, 0.717) is 0 Å². The Balaban J connectivity index is 2.12.